The number of para-hydroxylation sites is 1. The van der Waals surface area contributed by atoms with Gasteiger partial charge in [-0.25, -0.2) is 0 Å². The first-order chi connectivity index (χ1) is 9.83. The molecule has 0 aliphatic carbocycles. The van der Waals surface area contributed by atoms with Gasteiger partial charge in [0.1, 0.15) is 5.75 Å². The zero-order valence-electron chi connectivity index (χ0n) is 12.2. The molecule has 0 unspecified atom stereocenters. The summed E-state index contributed by atoms with van der Waals surface area (Å²) in [6, 6.07) is 16.3. The molecular weight excluding hydrogens is 246 g/mol. The van der Waals surface area contributed by atoms with Crippen molar-refractivity contribution in [3.05, 3.63) is 59.7 Å². The molecule has 104 valence electrons. The number of nitrogens with zero attached hydrogens (tertiary/aromatic N) is 1. The molecule has 2 rings (SSSR count). The van der Waals surface area contributed by atoms with Crippen LogP contribution in [0.25, 0.3) is 0 Å². The molecule has 0 fully saturated rings. The van der Waals surface area contributed by atoms with E-state index in [0.29, 0.717) is 0 Å². The Morgan fingerprint density at radius 2 is 1.80 bits per heavy atom. The van der Waals surface area contributed by atoms with Gasteiger partial charge in [0.15, 0.2) is 0 Å². The Labute approximate surface area is 121 Å². The Bertz CT molecular complexity index is 558. The second-order valence-corrected chi connectivity index (χ2v) is 4.76. The van der Waals surface area contributed by atoms with Crippen LogP contribution < -0.4 is 4.74 Å². The average molecular weight is 267 g/mol. The minimum absolute atomic E-state index is 0.866. The summed E-state index contributed by atoms with van der Waals surface area (Å²) < 4.78 is 5.15. The van der Waals surface area contributed by atoms with E-state index >= 15 is 0 Å². The lowest BCUT2D eigenvalue weighted by molar-refractivity contribution is 0.415. The number of ether oxygens (including phenoxy) is 1. The summed E-state index contributed by atoms with van der Waals surface area (Å²) >= 11 is 0. The van der Waals surface area contributed by atoms with Crippen LogP contribution in [-0.4, -0.2) is 13.3 Å². The SMILES string of the molecule is CCCCc1ccccc1N=Cc1ccc(OC)cc1. The van der Waals surface area contributed by atoms with Crippen LogP contribution >= 0.6 is 0 Å². The molecule has 0 aromatic heterocycles. The van der Waals surface area contributed by atoms with E-state index in [-0.39, 0.29) is 0 Å². The summed E-state index contributed by atoms with van der Waals surface area (Å²) in [7, 11) is 1.67. The van der Waals surface area contributed by atoms with Crippen molar-refractivity contribution in [2.24, 2.45) is 4.99 Å². The van der Waals surface area contributed by atoms with Gasteiger partial charge in [-0.1, -0.05) is 31.5 Å². The molecule has 2 aromatic carbocycles. The standard InChI is InChI=1S/C18H21NO/c1-3-4-7-16-8-5-6-9-18(16)19-14-15-10-12-17(20-2)13-11-15/h5-6,8-14H,3-4,7H2,1-2H3. The highest BCUT2D eigenvalue weighted by atomic mass is 16.5. The molecule has 2 nitrogen and oxygen atoms in total. The molecule has 0 saturated heterocycles. The molecule has 0 amide bonds. The average Bonchev–Trinajstić information content (AvgIpc) is 2.52. The Hall–Kier alpha value is -2.09. The van der Waals surface area contributed by atoms with Gasteiger partial charge in [-0.15, -0.1) is 0 Å². The van der Waals surface area contributed by atoms with Crippen molar-refractivity contribution >= 4 is 11.9 Å². The van der Waals surface area contributed by atoms with Gasteiger partial charge in [0.2, 0.25) is 0 Å². The van der Waals surface area contributed by atoms with Gasteiger partial charge in [-0.2, -0.15) is 0 Å². The minimum atomic E-state index is 0.866. The van der Waals surface area contributed by atoms with Gasteiger partial charge in [0.25, 0.3) is 0 Å². The van der Waals surface area contributed by atoms with Gasteiger partial charge in [-0.05, 0) is 54.3 Å². The monoisotopic (exact) mass is 267 g/mol. The van der Waals surface area contributed by atoms with E-state index in [0.717, 1.165) is 23.4 Å². The van der Waals surface area contributed by atoms with E-state index in [1.54, 1.807) is 7.11 Å². The molecule has 0 heterocycles. The predicted octanol–water partition coefficient (Wildman–Crippen LogP) is 4.79. The van der Waals surface area contributed by atoms with Crippen molar-refractivity contribution in [2.75, 3.05) is 7.11 Å². The molecular formula is C18H21NO. The first kappa shape index (κ1) is 14.3. The highest BCUT2D eigenvalue weighted by molar-refractivity contribution is 5.82. The third-order valence-electron chi connectivity index (χ3n) is 3.26. The van der Waals surface area contributed by atoms with Gasteiger partial charge in [0.05, 0.1) is 12.8 Å². The maximum atomic E-state index is 5.15. The molecule has 0 aliphatic heterocycles. The number of rotatable bonds is 6. The summed E-state index contributed by atoms with van der Waals surface area (Å²) in [5.41, 5.74) is 3.46. The molecule has 0 atom stereocenters. The van der Waals surface area contributed by atoms with Gasteiger partial charge >= 0.3 is 0 Å². The fraction of sp³-hybridized carbons (Fsp3) is 0.278. The molecule has 0 saturated carbocycles. The van der Waals surface area contributed by atoms with Crippen LogP contribution in [0.3, 0.4) is 0 Å². The zero-order chi connectivity index (χ0) is 14.2. The maximum absolute atomic E-state index is 5.15. The van der Waals surface area contributed by atoms with Crippen LogP contribution in [0.2, 0.25) is 0 Å². The highest BCUT2D eigenvalue weighted by Gasteiger charge is 1.99. The Morgan fingerprint density at radius 3 is 2.50 bits per heavy atom. The van der Waals surface area contributed by atoms with Crippen LogP contribution in [-0.2, 0) is 6.42 Å². The number of benzene rings is 2. The minimum Gasteiger partial charge on any atom is -0.497 e. The Balaban J connectivity index is 2.13. The summed E-state index contributed by atoms with van der Waals surface area (Å²) in [5, 5.41) is 0. The number of aryl methyl sites for hydroxylation is 1. The third-order valence-corrected chi connectivity index (χ3v) is 3.26. The lowest BCUT2D eigenvalue weighted by Gasteiger charge is -2.04. The number of aliphatic imine (C=N–C) groups is 1. The fourth-order valence-corrected chi connectivity index (χ4v) is 2.05. The predicted molar refractivity (Wildman–Crippen MR) is 85.3 cm³/mol. The van der Waals surface area contributed by atoms with Crippen LogP contribution in [0.5, 0.6) is 5.75 Å². The molecule has 2 heteroatoms. The van der Waals surface area contributed by atoms with Crippen molar-refractivity contribution in [2.45, 2.75) is 26.2 Å². The van der Waals surface area contributed by atoms with Crippen LogP contribution in [0.4, 0.5) is 5.69 Å². The molecule has 0 bridgehead atoms. The van der Waals surface area contributed by atoms with E-state index in [1.165, 1.54) is 18.4 Å². The third kappa shape index (κ3) is 3.95. The first-order valence-electron chi connectivity index (χ1n) is 7.09. The van der Waals surface area contributed by atoms with Gasteiger partial charge in [0, 0.05) is 6.21 Å². The Kier molecular flexibility index (Phi) is 5.36. The summed E-state index contributed by atoms with van der Waals surface area (Å²) in [6.45, 7) is 2.21. The first-order valence-corrected chi connectivity index (χ1v) is 7.09. The maximum Gasteiger partial charge on any atom is 0.118 e. The second-order valence-electron chi connectivity index (χ2n) is 4.76. The van der Waals surface area contributed by atoms with E-state index < -0.39 is 0 Å². The smallest absolute Gasteiger partial charge is 0.118 e. The summed E-state index contributed by atoms with van der Waals surface area (Å²) in [5.74, 6) is 0.866. The second kappa shape index (κ2) is 7.49. The summed E-state index contributed by atoms with van der Waals surface area (Å²) in [4.78, 5) is 4.62. The molecule has 0 spiro atoms. The van der Waals surface area contributed by atoms with Crippen LogP contribution in [0, 0.1) is 0 Å². The molecule has 20 heavy (non-hydrogen) atoms. The largest absolute Gasteiger partial charge is 0.497 e. The lowest BCUT2D eigenvalue weighted by Crippen LogP contribution is -1.87. The molecule has 0 N–H and O–H groups in total. The normalized spacial score (nSPS) is 10.9. The number of hydrogen-bond donors (Lipinski definition) is 0. The molecule has 0 aliphatic rings. The molecule has 0 radical (unpaired) electrons. The molecule has 2 aromatic rings. The van der Waals surface area contributed by atoms with Crippen molar-refractivity contribution in [3.8, 4) is 5.75 Å². The van der Waals surface area contributed by atoms with E-state index in [2.05, 4.69) is 30.1 Å². The highest BCUT2D eigenvalue weighted by Crippen LogP contribution is 2.21. The number of methoxy groups -OCH3 is 1. The lowest BCUT2D eigenvalue weighted by atomic mass is 10.1. The quantitative estimate of drug-likeness (QED) is 0.690. The number of hydrogen-bond acceptors (Lipinski definition) is 2. The van der Waals surface area contributed by atoms with Crippen LogP contribution in [0.15, 0.2) is 53.5 Å². The Morgan fingerprint density at radius 1 is 1.05 bits per heavy atom. The summed E-state index contributed by atoms with van der Waals surface area (Å²) in [6.07, 6.45) is 5.41. The van der Waals surface area contributed by atoms with Crippen molar-refractivity contribution in [1.29, 1.82) is 0 Å². The van der Waals surface area contributed by atoms with Crippen LogP contribution in [0.1, 0.15) is 30.9 Å². The topological polar surface area (TPSA) is 21.6 Å². The van der Waals surface area contributed by atoms with Gasteiger partial charge < -0.3 is 4.74 Å². The van der Waals surface area contributed by atoms with E-state index in [9.17, 15) is 0 Å². The van der Waals surface area contributed by atoms with Crippen molar-refractivity contribution in [1.82, 2.24) is 0 Å². The van der Waals surface area contributed by atoms with E-state index in [1.807, 2.05) is 36.5 Å². The van der Waals surface area contributed by atoms with Crippen molar-refractivity contribution < 1.29 is 4.74 Å². The number of unbranched alkanes of at least 4 members (excludes halogenated alkanes) is 1. The zero-order valence-corrected chi connectivity index (χ0v) is 12.2. The fourth-order valence-electron chi connectivity index (χ4n) is 2.05. The van der Waals surface area contributed by atoms with E-state index in [4.69, 9.17) is 4.74 Å². The van der Waals surface area contributed by atoms with Crippen molar-refractivity contribution in [3.63, 3.8) is 0 Å². The van der Waals surface area contributed by atoms with Gasteiger partial charge in [-0.3, -0.25) is 4.99 Å².